The molecule has 0 aromatic heterocycles. The maximum Gasteiger partial charge on any atom is 0.0245 e. The first-order valence-corrected chi connectivity index (χ1v) is 12.0. The third-order valence-electron chi connectivity index (χ3n) is 6.47. The van der Waals surface area contributed by atoms with Crippen molar-refractivity contribution in [3.63, 3.8) is 0 Å². The van der Waals surface area contributed by atoms with Gasteiger partial charge >= 0.3 is 0 Å². The van der Waals surface area contributed by atoms with E-state index in [1.807, 2.05) is 0 Å². The van der Waals surface area contributed by atoms with Crippen LogP contribution in [0.3, 0.4) is 0 Å². The zero-order chi connectivity index (χ0) is 20.3. The lowest BCUT2D eigenvalue weighted by atomic mass is 9.80. The zero-order valence-corrected chi connectivity index (χ0v) is 18.6. The van der Waals surface area contributed by atoms with Gasteiger partial charge in [-0.2, -0.15) is 0 Å². The number of benzene rings is 2. The van der Waals surface area contributed by atoms with Crippen molar-refractivity contribution in [2.45, 2.75) is 84.5 Å². The smallest absolute Gasteiger partial charge is 0.0245 e. The molecule has 1 saturated carbocycles. The second-order valence-corrected chi connectivity index (χ2v) is 8.86. The summed E-state index contributed by atoms with van der Waals surface area (Å²) >= 11 is 0. The fraction of sp³-hybridized carbons (Fsp3) is 0.517. The van der Waals surface area contributed by atoms with Crippen LogP contribution < -0.4 is 0 Å². The summed E-state index contributed by atoms with van der Waals surface area (Å²) < 4.78 is 0. The van der Waals surface area contributed by atoms with Crippen LogP contribution >= 0.6 is 0 Å². The molecule has 2 aromatic rings. The van der Waals surface area contributed by atoms with Gasteiger partial charge < -0.3 is 0 Å². The fourth-order valence-corrected chi connectivity index (χ4v) is 4.46. The third kappa shape index (κ3) is 7.08. The lowest BCUT2D eigenvalue weighted by Gasteiger charge is -2.25. The molecule has 0 heterocycles. The molecule has 0 N–H and O–H groups in total. The van der Waals surface area contributed by atoms with E-state index in [0.29, 0.717) is 5.92 Å². The average molecular weight is 387 g/mol. The van der Waals surface area contributed by atoms with Gasteiger partial charge in [-0.25, -0.2) is 0 Å². The van der Waals surface area contributed by atoms with E-state index in [4.69, 9.17) is 0 Å². The van der Waals surface area contributed by atoms with Crippen molar-refractivity contribution < 1.29 is 0 Å². The van der Waals surface area contributed by atoms with Gasteiger partial charge in [-0.05, 0) is 73.3 Å². The standard InChI is InChI=1S/C29H38/c1-3-5-7-9-25-16-20-28(21-17-25)29-22-18-27(19-23-29)15-14-26-12-10-24(11-13-26)8-6-4-2/h16-24,26H,3-13H2,1-2H3/t24-,26-. The van der Waals surface area contributed by atoms with Gasteiger partial charge in [0.25, 0.3) is 0 Å². The minimum Gasteiger partial charge on any atom is -0.0945 e. The number of aryl methyl sites for hydroxylation is 1. The highest BCUT2D eigenvalue weighted by atomic mass is 14.2. The number of hydrogen-bond acceptors (Lipinski definition) is 0. The Morgan fingerprint density at radius 1 is 0.724 bits per heavy atom. The SMILES string of the molecule is CCCCCc1ccc(-c2ccc(C#C[C@H]3CC[C@H](CCCC)CC3)cc2)cc1. The lowest BCUT2D eigenvalue weighted by molar-refractivity contribution is 0.296. The van der Waals surface area contributed by atoms with Crippen molar-refractivity contribution in [2.75, 3.05) is 0 Å². The van der Waals surface area contributed by atoms with Crippen LogP contribution in [0.15, 0.2) is 48.5 Å². The molecule has 0 amide bonds. The largest absolute Gasteiger partial charge is 0.0945 e. The van der Waals surface area contributed by atoms with Crippen LogP contribution in [-0.4, -0.2) is 0 Å². The summed E-state index contributed by atoms with van der Waals surface area (Å²) in [6, 6.07) is 17.9. The van der Waals surface area contributed by atoms with Gasteiger partial charge in [-0.1, -0.05) is 94.2 Å². The molecule has 0 aliphatic heterocycles. The quantitative estimate of drug-likeness (QED) is 0.315. The number of unbranched alkanes of at least 4 members (excludes halogenated alkanes) is 3. The summed E-state index contributed by atoms with van der Waals surface area (Å²) in [7, 11) is 0. The molecule has 0 bridgehead atoms. The minimum atomic E-state index is 0.604. The minimum absolute atomic E-state index is 0.604. The monoisotopic (exact) mass is 386 g/mol. The van der Waals surface area contributed by atoms with E-state index in [2.05, 4.69) is 74.2 Å². The van der Waals surface area contributed by atoms with Crippen molar-refractivity contribution in [1.29, 1.82) is 0 Å². The molecule has 0 saturated heterocycles. The van der Waals surface area contributed by atoms with Gasteiger partial charge in [0, 0.05) is 11.5 Å². The van der Waals surface area contributed by atoms with Gasteiger partial charge in [-0.15, -0.1) is 0 Å². The summed E-state index contributed by atoms with van der Waals surface area (Å²) in [6.45, 7) is 4.56. The van der Waals surface area contributed by atoms with E-state index >= 15 is 0 Å². The molecule has 1 aliphatic rings. The Labute approximate surface area is 179 Å². The Morgan fingerprint density at radius 3 is 1.97 bits per heavy atom. The zero-order valence-electron chi connectivity index (χ0n) is 18.6. The van der Waals surface area contributed by atoms with Gasteiger partial charge in [0.1, 0.15) is 0 Å². The molecule has 29 heavy (non-hydrogen) atoms. The first-order chi connectivity index (χ1) is 14.3. The van der Waals surface area contributed by atoms with Crippen molar-refractivity contribution in [3.05, 3.63) is 59.7 Å². The highest BCUT2D eigenvalue weighted by Crippen LogP contribution is 2.31. The predicted molar refractivity (Wildman–Crippen MR) is 127 cm³/mol. The van der Waals surface area contributed by atoms with Crippen LogP contribution in [0.2, 0.25) is 0 Å². The summed E-state index contributed by atoms with van der Waals surface area (Å²) in [5, 5.41) is 0. The fourth-order valence-electron chi connectivity index (χ4n) is 4.46. The molecule has 0 nitrogen and oxygen atoms in total. The summed E-state index contributed by atoms with van der Waals surface area (Å²) in [6.07, 6.45) is 14.6. The van der Waals surface area contributed by atoms with Gasteiger partial charge in [0.15, 0.2) is 0 Å². The van der Waals surface area contributed by atoms with E-state index < -0.39 is 0 Å². The summed E-state index contributed by atoms with van der Waals surface area (Å²) in [5.41, 5.74) is 5.19. The first kappa shape index (κ1) is 21.7. The van der Waals surface area contributed by atoms with Crippen LogP contribution in [0.4, 0.5) is 0 Å². The van der Waals surface area contributed by atoms with Crippen LogP contribution in [0.1, 0.15) is 89.2 Å². The average Bonchev–Trinajstić information content (AvgIpc) is 2.78. The molecule has 3 rings (SSSR count). The maximum absolute atomic E-state index is 3.56. The molecule has 0 spiro atoms. The van der Waals surface area contributed by atoms with Crippen LogP contribution in [-0.2, 0) is 6.42 Å². The van der Waals surface area contributed by atoms with Gasteiger partial charge in [0.2, 0.25) is 0 Å². The Morgan fingerprint density at radius 2 is 1.34 bits per heavy atom. The van der Waals surface area contributed by atoms with E-state index in [1.165, 1.54) is 87.3 Å². The van der Waals surface area contributed by atoms with Crippen molar-refractivity contribution >= 4 is 0 Å². The molecule has 0 atom stereocenters. The third-order valence-corrected chi connectivity index (χ3v) is 6.47. The van der Waals surface area contributed by atoms with Crippen molar-refractivity contribution in [2.24, 2.45) is 11.8 Å². The van der Waals surface area contributed by atoms with E-state index in [9.17, 15) is 0 Å². The topological polar surface area (TPSA) is 0 Å². The van der Waals surface area contributed by atoms with Gasteiger partial charge in [0.05, 0.1) is 0 Å². The van der Waals surface area contributed by atoms with E-state index in [1.54, 1.807) is 0 Å². The molecule has 0 unspecified atom stereocenters. The van der Waals surface area contributed by atoms with Crippen LogP contribution in [0.5, 0.6) is 0 Å². The van der Waals surface area contributed by atoms with Gasteiger partial charge in [-0.3, -0.25) is 0 Å². The second-order valence-electron chi connectivity index (χ2n) is 8.86. The molecule has 2 aromatic carbocycles. The maximum atomic E-state index is 3.56. The number of hydrogen-bond donors (Lipinski definition) is 0. The number of rotatable bonds is 8. The van der Waals surface area contributed by atoms with Crippen molar-refractivity contribution in [1.82, 2.24) is 0 Å². The highest BCUT2D eigenvalue weighted by Gasteiger charge is 2.19. The molecule has 0 heteroatoms. The Bertz CT molecular complexity index is 762. The lowest BCUT2D eigenvalue weighted by Crippen LogP contribution is -2.13. The molecular formula is C29H38. The first-order valence-electron chi connectivity index (χ1n) is 12.0. The Hall–Kier alpha value is -2.00. The Balaban J connectivity index is 1.51. The molecule has 1 aliphatic carbocycles. The summed E-state index contributed by atoms with van der Waals surface area (Å²) in [5.74, 6) is 8.56. The molecule has 1 fully saturated rings. The molecule has 154 valence electrons. The summed E-state index contributed by atoms with van der Waals surface area (Å²) in [4.78, 5) is 0. The van der Waals surface area contributed by atoms with Crippen molar-refractivity contribution in [3.8, 4) is 23.0 Å². The highest BCUT2D eigenvalue weighted by molar-refractivity contribution is 5.64. The van der Waals surface area contributed by atoms with E-state index in [-0.39, 0.29) is 0 Å². The molecular weight excluding hydrogens is 348 g/mol. The second kappa shape index (κ2) is 11.9. The van der Waals surface area contributed by atoms with Crippen LogP contribution in [0, 0.1) is 23.7 Å². The normalized spacial score (nSPS) is 18.8. The Kier molecular flexibility index (Phi) is 8.88. The van der Waals surface area contributed by atoms with E-state index in [0.717, 1.165) is 11.5 Å². The predicted octanol–water partition coefficient (Wildman–Crippen LogP) is 8.43. The molecule has 0 radical (unpaired) electrons. The van der Waals surface area contributed by atoms with Crippen LogP contribution in [0.25, 0.3) is 11.1 Å².